The van der Waals surface area contributed by atoms with E-state index >= 15 is 0 Å². The summed E-state index contributed by atoms with van der Waals surface area (Å²) in [5.74, 6) is 0.406. The molecule has 1 N–H and O–H groups in total. The van der Waals surface area contributed by atoms with E-state index in [1.54, 1.807) is 18.2 Å². The number of halogens is 5. The number of ether oxygens (including phenoxy) is 3. The Balaban J connectivity index is 1.33. The van der Waals surface area contributed by atoms with Gasteiger partial charge in [-0.3, -0.25) is 4.79 Å². The number of aryl methyl sites for hydroxylation is 1. The molecule has 1 aromatic carbocycles. The van der Waals surface area contributed by atoms with Crippen molar-refractivity contribution in [1.29, 1.82) is 0 Å². The van der Waals surface area contributed by atoms with E-state index in [0.29, 0.717) is 30.7 Å². The minimum Gasteiger partial charge on any atom is -0.491 e. The monoisotopic (exact) mass is 475 g/mol. The number of carbonyl (C=O) groups is 1. The van der Waals surface area contributed by atoms with Gasteiger partial charge < -0.3 is 19.5 Å². The van der Waals surface area contributed by atoms with Crippen LogP contribution in [0.5, 0.6) is 11.6 Å². The first-order chi connectivity index (χ1) is 15.7. The van der Waals surface area contributed by atoms with Crippen molar-refractivity contribution in [2.24, 2.45) is 0 Å². The number of fused-ring (bicyclic) bond motifs is 2. The molecular weight excluding hydrogens is 453 g/mol. The van der Waals surface area contributed by atoms with Crippen molar-refractivity contribution < 1.29 is 41.0 Å². The first-order valence-electron chi connectivity index (χ1n) is 10.4. The Bertz CT molecular complexity index is 995. The van der Waals surface area contributed by atoms with Crippen molar-refractivity contribution in [2.75, 3.05) is 19.8 Å². The number of nitrogens with zero attached hydrogens (tertiary/aromatic N) is 2. The Morgan fingerprint density at radius 1 is 1.30 bits per heavy atom. The number of hydrogen-bond donors (Lipinski definition) is 1. The Morgan fingerprint density at radius 2 is 2.12 bits per heavy atom. The standard InChI is InChI=1S/C21H22F5N3O4/c22-18(23)6-12-1-2-17-13(5-12)7-14(9-32-17)27-20(30)16-8-19-29(28-16)4-3-15(33-19)10-31-11-21(24,25)26/h1-2,5,8,14-15,18H,3-4,6-7,9-11H2,(H,27,30)/t14-,15+/m1/s1. The second-order valence-electron chi connectivity index (χ2n) is 7.97. The molecule has 2 aromatic rings. The third kappa shape index (κ3) is 6.12. The van der Waals surface area contributed by atoms with Gasteiger partial charge in [-0.2, -0.15) is 18.3 Å². The van der Waals surface area contributed by atoms with E-state index in [-0.39, 0.29) is 37.3 Å². The van der Waals surface area contributed by atoms with Crippen LogP contribution >= 0.6 is 0 Å². The molecule has 3 heterocycles. The molecule has 0 saturated heterocycles. The molecule has 4 rings (SSSR count). The first kappa shape index (κ1) is 23.3. The van der Waals surface area contributed by atoms with Crippen LogP contribution in [0.3, 0.4) is 0 Å². The fourth-order valence-electron chi connectivity index (χ4n) is 3.79. The lowest BCUT2D eigenvalue weighted by Gasteiger charge is -2.26. The van der Waals surface area contributed by atoms with E-state index in [4.69, 9.17) is 9.47 Å². The number of alkyl halides is 5. The lowest BCUT2D eigenvalue weighted by atomic mass is 9.99. The second kappa shape index (κ2) is 9.54. The van der Waals surface area contributed by atoms with Crippen molar-refractivity contribution in [1.82, 2.24) is 15.1 Å². The van der Waals surface area contributed by atoms with Crippen molar-refractivity contribution in [2.45, 2.75) is 50.6 Å². The highest BCUT2D eigenvalue weighted by atomic mass is 19.4. The number of carbonyl (C=O) groups excluding carboxylic acids is 1. The third-order valence-electron chi connectivity index (χ3n) is 5.25. The summed E-state index contributed by atoms with van der Waals surface area (Å²) in [6.45, 7) is -0.986. The number of rotatable bonds is 7. The summed E-state index contributed by atoms with van der Waals surface area (Å²) in [5, 5.41) is 7.01. The quantitative estimate of drug-likeness (QED) is 0.623. The predicted molar refractivity (Wildman–Crippen MR) is 105 cm³/mol. The molecular formula is C21H22F5N3O4. The summed E-state index contributed by atoms with van der Waals surface area (Å²) in [4.78, 5) is 12.7. The maximum atomic E-state index is 12.7. The van der Waals surface area contributed by atoms with E-state index in [1.165, 1.54) is 10.7 Å². The fraction of sp³-hybridized carbons (Fsp3) is 0.524. The smallest absolute Gasteiger partial charge is 0.411 e. The molecule has 2 aliphatic rings. The van der Waals surface area contributed by atoms with Gasteiger partial charge in [0.25, 0.3) is 5.91 Å². The zero-order chi connectivity index (χ0) is 23.6. The third-order valence-corrected chi connectivity index (χ3v) is 5.25. The van der Waals surface area contributed by atoms with E-state index in [9.17, 15) is 26.7 Å². The highest BCUT2D eigenvalue weighted by Gasteiger charge is 2.30. The lowest BCUT2D eigenvalue weighted by molar-refractivity contribution is -0.179. The van der Waals surface area contributed by atoms with Gasteiger partial charge in [-0.15, -0.1) is 0 Å². The molecule has 1 aromatic heterocycles. The fourth-order valence-corrected chi connectivity index (χ4v) is 3.79. The number of hydrogen-bond acceptors (Lipinski definition) is 5. The van der Waals surface area contributed by atoms with Crippen molar-refractivity contribution in [3.05, 3.63) is 41.1 Å². The molecule has 2 aliphatic heterocycles. The van der Waals surface area contributed by atoms with Crippen LogP contribution in [0, 0.1) is 0 Å². The molecule has 0 saturated carbocycles. The second-order valence-corrected chi connectivity index (χ2v) is 7.97. The van der Waals surface area contributed by atoms with Crippen LogP contribution in [0.1, 0.15) is 28.0 Å². The highest BCUT2D eigenvalue weighted by Crippen LogP contribution is 2.27. The summed E-state index contributed by atoms with van der Waals surface area (Å²) in [7, 11) is 0. The molecule has 12 heteroatoms. The number of amides is 1. The van der Waals surface area contributed by atoms with E-state index < -0.39 is 31.2 Å². The summed E-state index contributed by atoms with van der Waals surface area (Å²) < 4.78 is 79.4. The van der Waals surface area contributed by atoms with Crippen LogP contribution in [-0.2, 0) is 24.1 Å². The minimum atomic E-state index is -4.41. The van der Waals surface area contributed by atoms with Gasteiger partial charge in [-0.1, -0.05) is 12.1 Å². The molecule has 0 fully saturated rings. The van der Waals surface area contributed by atoms with Crippen LogP contribution in [0.2, 0.25) is 0 Å². The Labute approximate surface area is 185 Å². The van der Waals surface area contributed by atoms with Gasteiger partial charge in [-0.25, -0.2) is 13.5 Å². The molecule has 33 heavy (non-hydrogen) atoms. The maximum Gasteiger partial charge on any atom is 0.411 e. The Hall–Kier alpha value is -2.89. The molecule has 0 spiro atoms. The van der Waals surface area contributed by atoms with Crippen molar-refractivity contribution >= 4 is 5.91 Å². The molecule has 2 atom stereocenters. The number of aromatic nitrogens is 2. The van der Waals surface area contributed by atoms with Gasteiger partial charge in [0, 0.05) is 25.5 Å². The van der Waals surface area contributed by atoms with Crippen LogP contribution in [0.15, 0.2) is 24.3 Å². The summed E-state index contributed by atoms with van der Waals surface area (Å²) >= 11 is 0. The summed E-state index contributed by atoms with van der Waals surface area (Å²) in [6.07, 6.45) is -6.98. The molecule has 1 amide bonds. The van der Waals surface area contributed by atoms with Crippen LogP contribution in [0.25, 0.3) is 0 Å². The Kier molecular flexibility index (Phi) is 6.73. The van der Waals surface area contributed by atoms with Gasteiger partial charge in [-0.05, 0) is 23.6 Å². The van der Waals surface area contributed by atoms with Crippen molar-refractivity contribution in [3.8, 4) is 11.6 Å². The largest absolute Gasteiger partial charge is 0.491 e. The number of nitrogens with one attached hydrogen (secondary N) is 1. The summed E-state index contributed by atoms with van der Waals surface area (Å²) in [6, 6.07) is 5.95. The van der Waals surface area contributed by atoms with Crippen LogP contribution in [0.4, 0.5) is 22.0 Å². The average Bonchev–Trinajstić information content (AvgIpc) is 3.16. The van der Waals surface area contributed by atoms with Gasteiger partial charge >= 0.3 is 6.18 Å². The van der Waals surface area contributed by atoms with Gasteiger partial charge in [0.15, 0.2) is 5.69 Å². The Morgan fingerprint density at radius 3 is 2.88 bits per heavy atom. The van der Waals surface area contributed by atoms with Gasteiger partial charge in [0.1, 0.15) is 25.1 Å². The van der Waals surface area contributed by atoms with Crippen molar-refractivity contribution in [3.63, 3.8) is 0 Å². The SMILES string of the molecule is O=C(N[C@H]1COc2ccc(CC(F)F)cc2C1)c1cc2n(n1)CC[C@@H](COCC(F)(F)F)O2. The lowest BCUT2D eigenvalue weighted by Crippen LogP contribution is -2.43. The van der Waals surface area contributed by atoms with E-state index in [2.05, 4.69) is 15.2 Å². The zero-order valence-corrected chi connectivity index (χ0v) is 17.4. The maximum absolute atomic E-state index is 12.7. The van der Waals surface area contributed by atoms with Gasteiger partial charge in [0.2, 0.25) is 12.3 Å². The predicted octanol–water partition coefficient (Wildman–Crippen LogP) is 3.15. The first-order valence-corrected chi connectivity index (χ1v) is 10.4. The average molecular weight is 475 g/mol. The summed E-state index contributed by atoms with van der Waals surface area (Å²) in [5.41, 5.74) is 1.32. The number of benzene rings is 1. The molecule has 7 nitrogen and oxygen atoms in total. The van der Waals surface area contributed by atoms with Crippen LogP contribution in [-0.4, -0.2) is 60.3 Å². The molecule has 180 valence electrons. The molecule has 0 unspecified atom stereocenters. The highest BCUT2D eigenvalue weighted by molar-refractivity contribution is 5.92. The normalized spacial score (nSPS) is 19.9. The van der Waals surface area contributed by atoms with Crippen LogP contribution < -0.4 is 14.8 Å². The molecule has 0 bridgehead atoms. The van der Waals surface area contributed by atoms with Gasteiger partial charge in [0.05, 0.1) is 12.6 Å². The topological polar surface area (TPSA) is 74.6 Å². The van der Waals surface area contributed by atoms with E-state index in [1.807, 2.05) is 0 Å². The molecule has 0 aliphatic carbocycles. The minimum absolute atomic E-state index is 0.0964. The molecule has 0 radical (unpaired) electrons. The zero-order valence-electron chi connectivity index (χ0n) is 17.4. The van der Waals surface area contributed by atoms with E-state index in [0.717, 1.165) is 5.56 Å².